The van der Waals surface area contributed by atoms with Crippen LogP contribution < -0.4 is 14.9 Å². The predicted octanol–water partition coefficient (Wildman–Crippen LogP) is 6.65. The Bertz CT molecular complexity index is 1870. The normalized spacial score (nSPS) is 11.5. The summed E-state index contributed by atoms with van der Waals surface area (Å²) in [6.07, 6.45) is 1.44. The van der Waals surface area contributed by atoms with E-state index in [9.17, 15) is 18.0 Å². The van der Waals surface area contributed by atoms with Gasteiger partial charge < -0.3 is 4.74 Å². The van der Waals surface area contributed by atoms with E-state index in [-0.39, 0.29) is 4.90 Å². The Morgan fingerprint density at radius 3 is 2.27 bits per heavy atom. The molecule has 0 bridgehead atoms. The second-order valence-electron chi connectivity index (χ2n) is 8.89. The van der Waals surface area contributed by atoms with Crippen LogP contribution in [0.15, 0.2) is 107 Å². The zero-order chi connectivity index (χ0) is 29.0. The molecule has 0 fully saturated rings. The van der Waals surface area contributed by atoms with Gasteiger partial charge >= 0.3 is 5.97 Å². The van der Waals surface area contributed by atoms with Crippen LogP contribution >= 0.6 is 22.9 Å². The molecule has 206 valence electrons. The second kappa shape index (κ2) is 11.9. The van der Waals surface area contributed by atoms with Crippen molar-refractivity contribution in [1.82, 2.24) is 5.43 Å². The van der Waals surface area contributed by atoms with Crippen molar-refractivity contribution in [3.8, 4) is 5.75 Å². The van der Waals surface area contributed by atoms with Crippen LogP contribution in [0.3, 0.4) is 0 Å². The molecule has 0 saturated carbocycles. The third-order valence-corrected chi connectivity index (χ3v) is 8.97. The number of benzene rings is 4. The van der Waals surface area contributed by atoms with Crippen molar-refractivity contribution in [2.75, 3.05) is 4.72 Å². The lowest BCUT2D eigenvalue weighted by Crippen LogP contribution is -2.18. The molecule has 0 aliphatic carbocycles. The van der Waals surface area contributed by atoms with Crippen LogP contribution in [0.1, 0.15) is 31.2 Å². The SMILES string of the molecule is Cc1ccc(S(=O)(=O)Nc2ccc(C(=O)N/N=C/c3ccc(OC(=O)c4sc5ccccc5c4Cl)cc3)cc2)cc1. The number of hydrazone groups is 1. The third kappa shape index (κ3) is 6.63. The Morgan fingerprint density at radius 2 is 1.59 bits per heavy atom. The average molecular weight is 604 g/mol. The Kier molecular flexibility index (Phi) is 8.16. The number of ether oxygens (including phenoxy) is 1. The molecule has 1 aromatic heterocycles. The monoisotopic (exact) mass is 603 g/mol. The molecule has 0 atom stereocenters. The smallest absolute Gasteiger partial charge is 0.355 e. The number of thiophene rings is 1. The minimum atomic E-state index is -3.75. The summed E-state index contributed by atoms with van der Waals surface area (Å²) in [6.45, 7) is 1.87. The van der Waals surface area contributed by atoms with Crippen molar-refractivity contribution in [3.05, 3.63) is 124 Å². The maximum absolute atomic E-state index is 12.6. The molecule has 41 heavy (non-hydrogen) atoms. The fourth-order valence-corrected chi connectivity index (χ4v) is 6.22. The highest BCUT2D eigenvalue weighted by Crippen LogP contribution is 2.35. The van der Waals surface area contributed by atoms with Crippen molar-refractivity contribution < 1.29 is 22.7 Å². The van der Waals surface area contributed by atoms with Crippen molar-refractivity contribution in [1.29, 1.82) is 0 Å². The molecular weight excluding hydrogens is 582 g/mol. The summed E-state index contributed by atoms with van der Waals surface area (Å²) in [7, 11) is -3.75. The van der Waals surface area contributed by atoms with E-state index in [1.54, 1.807) is 36.4 Å². The number of sulfonamides is 1. The first-order chi connectivity index (χ1) is 19.7. The summed E-state index contributed by atoms with van der Waals surface area (Å²) in [5.74, 6) is -0.679. The number of carbonyl (C=O) groups excluding carboxylic acids is 2. The van der Waals surface area contributed by atoms with Gasteiger partial charge in [-0.15, -0.1) is 11.3 Å². The summed E-state index contributed by atoms with van der Waals surface area (Å²) in [5, 5.41) is 5.13. The Morgan fingerprint density at radius 1 is 0.902 bits per heavy atom. The van der Waals surface area contributed by atoms with Gasteiger partial charge in [0.2, 0.25) is 0 Å². The molecule has 0 radical (unpaired) electrons. The number of hydrogen-bond acceptors (Lipinski definition) is 7. The number of anilines is 1. The Balaban J connectivity index is 1.15. The first-order valence-electron chi connectivity index (χ1n) is 12.2. The molecule has 4 aromatic carbocycles. The topological polar surface area (TPSA) is 114 Å². The molecule has 1 heterocycles. The van der Waals surface area contributed by atoms with Crippen molar-refractivity contribution in [2.45, 2.75) is 11.8 Å². The van der Waals surface area contributed by atoms with Gasteiger partial charge in [-0.2, -0.15) is 5.10 Å². The molecule has 0 saturated heterocycles. The van der Waals surface area contributed by atoms with E-state index < -0.39 is 21.9 Å². The van der Waals surface area contributed by atoms with Gasteiger partial charge in [-0.05, 0) is 79.2 Å². The van der Waals surface area contributed by atoms with E-state index in [0.717, 1.165) is 15.6 Å². The highest BCUT2D eigenvalue weighted by atomic mass is 35.5. The summed E-state index contributed by atoms with van der Waals surface area (Å²) < 4.78 is 34.0. The van der Waals surface area contributed by atoms with E-state index in [1.807, 2.05) is 31.2 Å². The van der Waals surface area contributed by atoms with Crippen LogP contribution in [0, 0.1) is 6.92 Å². The summed E-state index contributed by atoms with van der Waals surface area (Å²) in [5.41, 5.74) is 4.65. The van der Waals surface area contributed by atoms with Crippen LogP contribution in [0.4, 0.5) is 5.69 Å². The number of hydrogen-bond donors (Lipinski definition) is 2. The quantitative estimate of drug-likeness (QED) is 0.0892. The minimum Gasteiger partial charge on any atom is -0.422 e. The Hall–Kier alpha value is -4.51. The summed E-state index contributed by atoms with van der Waals surface area (Å²) >= 11 is 7.63. The van der Waals surface area contributed by atoms with Crippen LogP contribution in [0.5, 0.6) is 5.75 Å². The summed E-state index contributed by atoms with van der Waals surface area (Å²) in [6, 6.07) is 26.5. The molecule has 1 amide bonds. The standard InChI is InChI=1S/C30H22ClN3O5S2/c1-19-6-16-24(17-7-19)41(37,38)34-22-12-10-21(11-13-22)29(35)33-32-18-20-8-14-23(15-9-20)39-30(36)28-27(31)25-4-2-3-5-26(25)40-28/h2-18,34H,1H3,(H,33,35)/b32-18+. The first kappa shape index (κ1) is 28.0. The number of halogens is 1. The number of nitrogens with zero attached hydrogens (tertiary/aromatic N) is 1. The van der Waals surface area contributed by atoms with E-state index in [0.29, 0.717) is 32.5 Å². The molecule has 8 nitrogen and oxygen atoms in total. The predicted molar refractivity (Wildman–Crippen MR) is 162 cm³/mol. The molecule has 0 unspecified atom stereocenters. The van der Waals surface area contributed by atoms with Crippen LogP contribution in [-0.4, -0.2) is 26.5 Å². The molecular formula is C30H22ClN3O5S2. The van der Waals surface area contributed by atoms with Crippen molar-refractivity contribution >= 4 is 66.8 Å². The number of aryl methyl sites for hydroxylation is 1. The third-order valence-electron chi connectivity index (χ3n) is 5.92. The van der Waals surface area contributed by atoms with Crippen LogP contribution in [0.2, 0.25) is 5.02 Å². The van der Waals surface area contributed by atoms with E-state index in [4.69, 9.17) is 16.3 Å². The van der Waals surface area contributed by atoms with Gasteiger partial charge in [-0.25, -0.2) is 18.6 Å². The average Bonchev–Trinajstić information content (AvgIpc) is 3.31. The molecule has 0 aliphatic rings. The lowest BCUT2D eigenvalue weighted by Gasteiger charge is -2.09. The van der Waals surface area contributed by atoms with Gasteiger partial charge in [0.05, 0.1) is 16.1 Å². The molecule has 0 spiro atoms. The molecule has 2 N–H and O–H groups in total. The van der Waals surface area contributed by atoms with Crippen LogP contribution in [0.25, 0.3) is 10.1 Å². The molecule has 5 aromatic rings. The largest absolute Gasteiger partial charge is 0.422 e. The molecule has 0 aliphatic heterocycles. The molecule has 11 heteroatoms. The number of amides is 1. The van der Waals surface area contributed by atoms with Gasteiger partial charge in [-0.1, -0.05) is 47.5 Å². The first-order valence-corrected chi connectivity index (χ1v) is 14.9. The highest BCUT2D eigenvalue weighted by molar-refractivity contribution is 7.92. The van der Waals surface area contributed by atoms with E-state index in [2.05, 4.69) is 15.2 Å². The van der Waals surface area contributed by atoms with Crippen molar-refractivity contribution in [3.63, 3.8) is 0 Å². The van der Waals surface area contributed by atoms with Crippen LogP contribution in [-0.2, 0) is 10.0 Å². The lowest BCUT2D eigenvalue weighted by atomic mass is 10.2. The number of rotatable bonds is 8. The highest BCUT2D eigenvalue weighted by Gasteiger charge is 2.19. The maximum atomic E-state index is 12.6. The number of carbonyl (C=O) groups is 2. The molecule has 5 rings (SSSR count). The van der Waals surface area contributed by atoms with E-state index in [1.165, 1.54) is 53.9 Å². The number of esters is 1. The maximum Gasteiger partial charge on any atom is 0.355 e. The number of nitrogens with one attached hydrogen (secondary N) is 2. The van der Waals surface area contributed by atoms with Gasteiger partial charge in [0.15, 0.2) is 0 Å². The van der Waals surface area contributed by atoms with E-state index >= 15 is 0 Å². The number of fused-ring (bicyclic) bond motifs is 1. The van der Waals surface area contributed by atoms with Crippen molar-refractivity contribution in [2.24, 2.45) is 5.10 Å². The van der Waals surface area contributed by atoms with Gasteiger partial charge in [0, 0.05) is 21.3 Å². The summed E-state index contributed by atoms with van der Waals surface area (Å²) in [4.78, 5) is 25.6. The zero-order valence-electron chi connectivity index (χ0n) is 21.5. The second-order valence-corrected chi connectivity index (χ2v) is 12.0. The zero-order valence-corrected chi connectivity index (χ0v) is 23.9. The van der Waals surface area contributed by atoms with Gasteiger partial charge in [0.25, 0.3) is 15.9 Å². The minimum absolute atomic E-state index is 0.144. The van der Waals surface area contributed by atoms with Gasteiger partial charge in [-0.3, -0.25) is 9.52 Å². The lowest BCUT2D eigenvalue weighted by molar-refractivity contribution is 0.0739. The fourth-order valence-electron chi connectivity index (χ4n) is 3.77. The Labute approximate surface area is 245 Å². The van der Waals surface area contributed by atoms with Gasteiger partial charge in [0.1, 0.15) is 10.6 Å². The fraction of sp³-hybridized carbons (Fsp3) is 0.0333.